The summed E-state index contributed by atoms with van der Waals surface area (Å²) in [6.45, 7) is 3.10. The van der Waals surface area contributed by atoms with Gasteiger partial charge in [0, 0.05) is 47.9 Å². The second-order valence-electron chi connectivity index (χ2n) is 7.33. The second kappa shape index (κ2) is 8.12. The number of carbonyl (C=O) groups is 1. The molecule has 0 fully saturated rings. The van der Waals surface area contributed by atoms with Crippen molar-refractivity contribution in [3.05, 3.63) is 77.2 Å². The van der Waals surface area contributed by atoms with E-state index in [0.717, 1.165) is 21.2 Å². The molecule has 4 nitrogen and oxygen atoms in total. The standard InChI is InChI=1S/C26H18N2O2S2/c1-2-28-21-6-4-3-5-19(21)20-14-16(7-9-22(20)28)23-11-12-25(32-23)24-10-8-18(31-24)13-17(15-27)26(29)30/h3-14H,2H2,1H3,(H,29,30)/b17-13+. The van der Waals surface area contributed by atoms with Gasteiger partial charge in [-0.25, -0.2) is 4.79 Å². The van der Waals surface area contributed by atoms with Crippen LogP contribution in [0.5, 0.6) is 0 Å². The van der Waals surface area contributed by atoms with Crippen LogP contribution < -0.4 is 0 Å². The molecule has 5 aromatic rings. The van der Waals surface area contributed by atoms with E-state index in [-0.39, 0.29) is 5.57 Å². The Morgan fingerprint density at radius 3 is 2.47 bits per heavy atom. The van der Waals surface area contributed by atoms with E-state index in [9.17, 15) is 4.79 Å². The number of carboxylic acids is 1. The Balaban J connectivity index is 1.52. The largest absolute Gasteiger partial charge is 0.477 e. The number of aryl methyl sites for hydroxylation is 1. The zero-order chi connectivity index (χ0) is 22.2. The van der Waals surface area contributed by atoms with E-state index >= 15 is 0 Å². The van der Waals surface area contributed by atoms with Crippen molar-refractivity contribution >= 4 is 56.5 Å². The highest BCUT2D eigenvalue weighted by atomic mass is 32.1. The van der Waals surface area contributed by atoms with E-state index in [4.69, 9.17) is 10.4 Å². The van der Waals surface area contributed by atoms with E-state index in [0.29, 0.717) is 0 Å². The normalized spacial score (nSPS) is 11.8. The number of para-hydroxylation sites is 1. The Labute approximate surface area is 192 Å². The molecule has 3 heterocycles. The van der Waals surface area contributed by atoms with Crippen molar-refractivity contribution in [3.63, 3.8) is 0 Å². The van der Waals surface area contributed by atoms with Crippen molar-refractivity contribution in [2.75, 3.05) is 0 Å². The lowest BCUT2D eigenvalue weighted by Crippen LogP contribution is -1.96. The number of thiophene rings is 2. The molecular weight excluding hydrogens is 436 g/mol. The first kappa shape index (κ1) is 20.3. The van der Waals surface area contributed by atoms with Crippen LogP contribution in [0.4, 0.5) is 0 Å². The van der Waals surface area contributed by atoms with Crippen molar-refractivity contribution in [1.82, 2.24) is 4.57 Å². The average Bonchev–Trinajstić information content (AvgIpc) is 3.53. The summed E-state index contributed by atoms with van der Waals surface area (Å²) in [7, 11) is 0. The van der Waals surface area contributed by atoms with Crippen LogP contribution >= 0.6 is 22.7 Å². The summed E-state index contributed by atoms with van der Waals surface area (Å²) in [5.41, 5.74) is 3.42. The molecule has 0 aliphatic rings. The molecule has 3 aromatic heterocycles. The fourth-order valence-electron chi connectivity index (χ4n) is 4.02. The van der Waals surface area contributed by atoms with Crippen LogP contribution in [0, 0.1) is 11.3 Å². The van der Waals surface area contributed by atoms with Crippen molar-refractivity contribution in [1.29, 1.82) is 5.26 Å². The maximum atomic E-state index is 11.1. The third-order valence-electron chi connectivity index (χ3n) is 5.49. The smallest absolute Gasteiger partial charge is 0.346 e. The minimum atomic E-state index is -1.21. The van der Waals surface area contributed by atoms with E-state index in [2.05, 4.69) is 66.1 Å². The molecule has 0 bridgehead atoms. The maximum absolute atomic E-state index is 11.1. The number of aromatic nitrogens is 1. The van der Waals surface area contributed by atoms with E-state index in [1.54, 1.807) is 17.4 Å². The minimum Gasteiger partial charge on any atom is -0.477 e. The number of aliphatic carboxylic acids is 1. The zero-order valence-corrected chi connectivity index (χ0v) is 18.8. The highest BCUT2D eigenvalue weighted by molar-refractivity contribution is 7.24. The van der Waals surface area contributed by atoms with Gasteiger partial charge in [0.1, 0.15) is 11.6 Å². The zero-order valence-electron chi connectivity index (χ0n) is 17.2. The third kappa shape index (κ3) is 3.42. The Bertz CT molecular complexity index is 1560. The number of nitriles is 1. The number of benzene rings is 2. The van der Waals surface area contributed by atoms with Gasteiger partial charge < -0.3 is 9.67 Å². The molecule has 0 spiro atoms. The summed E-state index contributed by atoms with van der Waals surface area (Å²) in [6.07, 6.45) is 1.42. The topological polar surface area (TPSA) is 66.0 Å². The van der Waals surface area contributed by atoms with Gasteiger partial charge in [-0.1, -0.05) is 24.3 Å². The predicted octanol–water partition coefficient (Wildman–Crippen LogP) is 7.26. The van der Waals surface area contributed by atoms with Crippen LogP contribution in [0.1, 0.15) is 11.8 Å². The predicted molar refractivity (Wildman–Crippen MR) is 133 cm³/mol. The number of fused-ring (bicyclic) bond motifs is 3. The number of carboxylic acid groups (broad SMARTS) is 1. The molecule has 2 aromatic carbocycles. The summed E-state index contributed by atoms with van der Waals surface area (Å²) in [5, 5.41) is 20.6. The second-order valence-corrected chi connectivity index (χ2v) is 9.53. The average molecular weight is 455 g/mol. The van der Waals surface area contributed by atoms with Gasteiger partial charge in [0.05, 0.1) is 0 Å². The molecule has 0 amide bonds. The highest BCUT2D eigenvalue weighted by Crippen LogP contribution is 2.40. The summed E-state index contributed by atoms with van der Waals surface area (Å²) < 4.78 is 2.35. The molecule has 0 saturated heterocycles. The van der Waals surface area contributed by atoms with Crippen molar-refractivity contribution in [3.8, 4) is 26.3 Å². The first-order valence-electron chi connectivity index (χ1n) is 10.2. The molecule has 5 rings (SSSR count). The lowest BCUT2D eigenvalue weighted by molar-refractivity contribution is -0.132. The van der Waals surface area contributed by atoms with E-state index in [1.807, 2.05) is 12.1 Å². The summed E-state index contributed by atoms with van der Waals surface area (Å²) in [4.78, 5) is 15.2. The van der Waals surface area contributed by atoms with Gasteiger partial charge >= 0.3 is 5.97 Å². The van der Waals surface area contributed by atoms with Gasteiger partial charge in [-0.3, -0.25) is 0 Å². The van der Waals surface area contributed by atoms with Crippen LogP contribution in [0.25, 0.3) is 48.1 Å². The SMILES string of the molecule is CCn1c2ccccc2c2cc(-c3ccc(-c4ccc(/C=C(\C#N)C(=O)O)s4)s3)ccc21. The quantitative estimate of drug-likeness (QED) is 0.224. The number of hydrogen-bond donors (Lipinski definition) is 1. The van der Waals surface area contributed by atoms with Crippen LogP contribution in [0.15, 0.2) is 72.3 Å². The molecule has 0 atom stereocenters. The fourth-order valence-corrected chi connectivity index (χ4v) is 6.06. The Morgan fingerprint density at radius 2 is 1.69 bits per heavy atom. The van der Waals surface area contributed by atoms with E-state index < -0.39 is 5.97 Å². The molecule has 6 heteroatoms. The molecule has 32 heavy (non-hydrogen) atoms. The van der Waals surface area contributed by atoms with Gasteiger partial charge in [0.2, 0.25) is 0 Å². The Hall–Kier alpha value is -3.66. The van der Waals surface area contributed by atoms with Gasteiger partial charge in [-0.15, -0.1) is 22.7 Å². The van der Waals surface area contributed by atoms with Crippen molar-refractivity contribution in [2.45, 2.75) is 13.5 Å². The molecular formula is C26H18N2O2S2. The summed E-state index contributed by atoms with van der Waals surface area (Å²) >= 11 is 3.19. The van der Waals surface area contributed by atoms with Crippen LogP contribution in [-0.2, 0) is 11.3 Å². The monoisotopic (exact) mass is 454 g/mol. The van der Waals surface area contributed by atoms with Crippen LogP contribution in [0.3, 0.4) is 0 Å². The van der Waals surface area contributed by atoms with Crippen molar-refractivity contribution < 1.29 is 9.90 Å². The third-order valence-corrected chi connectivity index (χ3v) is 7.85. The maximum Gasteiger partial charge on any atom is 0.346 e. The lowest BCUT2D eigenvalue weighted by Gasteiger charge is -2.03. The molecule has 0 unspecified atom stereocenters. The van der Waals surface area contributed by atoms with Gasteiger partial charge in [-0.05, 0) is 61.0 Å². The van der Waals surface area contributed by atoms with Gasteiger partial charge in [0.15, 0.2) is 0 Å². The molecule has 1 N–H and O–H groups in total. The number of rotatable bonds is 5. The number of nitrogens with zero attached hydrogens (tertiary/aromatic N) is 2. The Morgan fingerprint density at radius 1 is 0.969 bits per heavy atom. The first-order valence-corrected chi connectivity index (χ1v) is 11.8. The van der Waals surface area contributed by atoms with Gasteiger partial charge in [0.25, 0.3) is 0 Å². The summed E-state index contributed by atoms with van der Waals surface area (Å²) in [5.74, 6) is -1.21. The van der Waals surface area contributed by atoms with Crippen LogP contribution in [0.2, 0.25) is 0 Å². The van der Waals surface area contributed by atoms with E-state index in [1.165, 1.54) is 49.7 Å². The van der Waals surface area contributed by atoms with Crippen molar-refractivity contribution in [2.24, 2.45) is 0 Å². The first-order chi connectivity index (χ1) is 15.6. The summed E-state index contributed by atoms with van der Waals surface area (Å²) in [6, 6.07) is 25.0. The molecule has 0 aliphatic heterocycles. The molecule has 0 radical (unpaired) electrons. The fraction of sp³-hybridized carbons (Fsp3) is 0.0769. The minimum absolute atomic E-state index is 0.259. The Kier molecular flexibility index (Phi) is 5.14. The lowest BCUT2D eigenvalue weighted by atomic mass is 10.1. The molecule has 0 saturated carbocycles. The highest BCUT2D eigenvalue weighted by Gasteiger charge is 2.13. The number of hydrogen-bond acceptors (Lipinski definition) is 4. The van der Waals surface area contributed by atoms with Gasteiger partial charge in [-0.2, -0.15) is 5.26 Å². The molecule has 0 aliphatic carbocycles. The van der Waals surface area contributed by atoms with Crippen LogP contribution in [-0.4, -0.2) is 15.6 Å². The molecule has 156 valence electrons.